The van der Waals surface area contributed by atoms with E-state index in [1.807, 2.05) is 0 Å². The average Bonchev–Trinajstić information content (AvgIpc) is 2.61. The highest BCUT2D eigenvalue weighted by Crippen LogP contribution is 2.31. The minimum atomic E-state index is -1.23. The fraction of sp³-hybridized carbons (Fsp3) is 0.158. The summed E-state index contributed by atoms with van der Waals surface area (Å²) < 4.78 is 11.2. The van der Waals surface area contributed by atoms with Crippen molar-refractivity contribution in [2.24, 2.45) is 0 Å². The van der Waals surface area contributed by atoms with Crippen molar-refractivity contribution in [2.75, 3.05) is 11.9 Å². The highest BCUT2D eigenvalue weighted by atomic mass is 16.7. The zero-order valence-electron chi connectivity index (χ0n) is 13.9. The smallest absolute Gasteiger partial charge is 0.339 e. The Bertz CT molecular complexity index is 889. The van der Waals surface area contributed by atoms with Gasteiger partial charge >= 0.3 is 5.97 Å². The lowest BCUT2D eigenvalue weighted by Gasteiger charge is -2.27. The molecule has 0 aromatic heterocycles. The summed E-state index contributed by atoms with van der Waals surface area (Å²) in [5.74, 6) is -1.38. The quantitative estimate of drug-likeness (QED) is 0.708. The van der Waals surface area contributed by atoms with E-state index >= 15 is 0 Å². The summed E-state index contributed by atoms with van der Waals surface area (Å²) in [7, 11) is 0. The van der Waals surface area contributed by atoms with Gasteiger partial charge < -0.3 is 25.0 Å². The molecule has 7 nitrogen and oxygen atoms in total. The van der Waals surface area contributed by atoms with Crippen LogP contribution in [0.3, 0.4) is 0 Å². The molecule has 0 saturated heterocycles. The molecular weight excluding hydrogens is 338 g/mol. The van der Waals surface area contributed by atoms with Crippen molar-refractivity contribution in [3.8, 4) is 11.5 Å². The molecule has 1 aliphatic rings. The van der Waals surface area contributed by atoms with Gasteiger partial charge in [-0.2, -0.15) is 0 Å². The van der Waals surface area contributed by atoms with E-state index in [-0.39, 0.29) is 22.7 Å². The summed E-state index contributed by atoms with van der Waals surface area (Å²) in [6.45, 7) is 2.15. The summed E-state index contributed by atoms with van der Waals surface area (Å²) in [6.07, 6.45) is 0.579. The summed E-state index contributed by atoms with van der Waals surface area (Å²) in [5.41, 5.74) is 0.913. The SMILES string of the molecule is CCOC1Oc2ccccc2C(=O)/C1=C\Nc1ccc(C(=O)O)c(O)c1. The van der Waals surface area contributed by atoms with Crippen LogP contribution in [-0.4, -0.2) is 34.9 Å². The van der Waals surface area contributed by atoms with Gasteiger partial charge in [-0.25, -0.2) is 4.79 Å². The molecule has 2 aromatic rings. The molecule has 0 spiro atoms. The van der Waals surface area contributed by atoms with Crippen molar-refractivity contribution in [1.29, 1.82) is 0 Å². The van der Waals surface area contributed by atoms with E-state index in [0.717, 1.165) is 0 Å². The molecule has 3 rings (SSSR count). The van der Waals surface area contributed by atoms with Crippen LogP contribution >= 0.6 is 0 Å². The molecule has 1 atom stereocenters. The standard InChI is InChI=1S/C19H17NO6/c1-2-25-19-14(17(22)13-5-3-4-6-16(13)26-19)10-20-11-7-8-12(18(23)24)15(21)9-11/h3-10,19-21H,2H2,1H3,(H,23,24)/b14-10+. The van der Waals surface area contributed by atoms with Crippen LogP contribution in [0, 0.1) is 0 Å². The maximum Gasteiger partial charge on any atom is 0.339 e. The van der Waals surface area contributed by atoms with Gasteiger partial charge in [0.25, 0.3) is 0 Å². The molecule has 0 radical (unpaired) electrons. The molecule has 26 heavy (non-hydrogen) atoms. The molecular formula is C19H17NO6. The Labute approximate surface area is 149 Å². The highest BCUT2D eigenvalue weighted by molar-refractivity contribution is 6.12. The number of carbonyl (C=O) groups excluding carboxylic acids is 1. The fourth-order valence-electron chi connectivity index (χ4n) is 2.57. The number of hydrogen-bond acceptors (Lipinski definition) is 6. The molecule has 7 heteroatoms. The summed E-state index contributed by atoms with van der Waals surface area (Å²) >= 11 is 0. The van der Waals surface area contributed by atoms with E-state index in [0.29, 0.717) is 23.6 Å². The molecule has 1 unspecified atom stereocenters. The zero-order valence-corrected chi connectivity index (χ0v) is 13.9. The number of carbonyl (C=O) groups is 2. The second kappa shape index (κ2) is 7.28. The Balaban J connectivity index is 1.89. The third-order valence-corrected chi connectivity index (χ3v) is 3.82. The number of aromatic carboxylic acids is 1. The molecule has 1 heterocycles. The predicted octanol–water partition coefficient (Wildman–Crippen LogP) is 3.02. The van der Waals surface area contributed by atoms with Crippen LogP contribution in [0.4, 0.5) is 5.69 Å². The third kappa shape index (κ3) is 3.38. The summed E-state index contributed by atoms with van der Waals surface area (Å²) in [6, 6.07) is 10.9. The second-order valence-electron chi connectivity index (χ2n) is 5.51. The Morgan fingerprint density at radius 2 is 2.08 bits per heavy atom. The maximum atomic E-state index is 12.7. The topological polar surface area (TPSA) is 105 Å². The molecule has 0 fully saturated rings. The number of benzene rings is 2. The minimum Gasteiger partial charge on any atom is -0.507 e. The predicted molar refractivity (Wildman–Crippen MR) is 93.6 cm³/mol. The van der Waals surface area contributed by atoms with Crippen LogP contribution in [0.25, 0.3) is 0 Å². The lowest BCUT2D eigenvalue weighted by molar-refractivity contribution is -0.0509. The number of anilines is 1. The molecule has 2 aromatic carbocycles. The van der Waals surface area contributed by atoms with Gasteiger partial charge in [0.1, 0.15) is 17.1 Å². The van der Waals surface area contributed by atoms with Crippen LogP contribution in [0.2, 0.25) is 0 Å². The Morgan fingerprint density at radius 1 is 1.31 bits per heavy atom. The van der Waals surface area contributed by atoms with E-state index in [4.69, 9.17) is 14.6 Å². The number of carboxylic acids is 1. The number of ether oxygens (including phenoxy) is 2. The lowest BCUT2D eigenvalue weighted by Crippen LogP contribution is -2.33. The van der Waals surface area contributed by atoms with Gasteiger partial charge in [-0.3, -0.25) is 4.79 Å². The number of hydrogen-bond donors (Lipinski definition) is 3. The van der Waals surface area contributed by atoms with Crippen molar-refractivity contribution < 1.29 is 29.3 Å². The zero-order chi connectivity index (χ0) is 18.7. The average molecular weight is 355 g/mol. The molecule has 3 N–H and O–H groups in total. The number of aromatic hydroxyl groups is 1. The van der Waals surface area contributed by atoms with E-state index < -0.39 is 12.3 Å². The summed E-state index contributed by atoms with van der Waals surface area (Å²) in [5, 5.41) is 21.6. The fourth-order valence-corrected chi connectivity index (χ4v) is 2.57. The molecule has 0 bridgehead atoms. The van der Waals surface area contributed by atoms with Gasteiger partial charge in [0.15, 0.2) is 5.78 Å². The third-order valence-electron chi connectivity index (χ3n) is 3.82. The van der Waals surface area contributed by atoms with Gasteiger partial charge in [0.05, 0.1) is 11.1 Å². The first-order valence-corrected chi connectivity index (χ1v) is 7.96. The van der Waals surface area contributed by atoms with Crippen molar-refractivity contribution in [3.05, 3.63) is 65.4 Å². The van der Waals surface area contributed by atoms with Gasteiger partial charge in [-0.1, -0.05) is 12.1 Å². The van der Waals surface area contributed by atoms with Crippen LogP contribution in [-0.2, 0) is 4.74 Å². The largest absolute Gasteiger partial charge is 0.507 e. The Morgan fingerprint density at radius 3 is 2.77 bits per heavy atom. The molecule has 1 aliphatic heterocycles. The van der Waals surface area contributed by atoms with Gasteiger partial charge in [0.2, 0.25) is 6.29 Å². The summed E-state index contributed by atoms with van der Waals surface area (Å²) in [4.78, 5) is 23.7. The number of Topliss-reactive ketones (excluding diaryl/α,β-unsaturated/α-hetero) is 1. The normalized spacial score (nSPS) is 17.5. The Hall–Kier alpha value is -3.32. The van der Waals surface area contributed by atoms with Crippen LogP contribution in [0.1, 0.15) is 27.6 Å². The first-order valence-electron chi connectivity index (χ1n) is 7.96. The van der Waals surface area contributed by atoms with Crippen LogP contribution < -0.4 is 10.1 Å². The number of phenols is 1. The van der Waals surface area contributed by atoms with Crippen LogP contribution in [0.5, 0.6) is 11.5 Å². The Kier molecular flexibility index (Phi) is 4.90. The first kappa shape index (κ1) is 17.5. The highest BCUT2D eigenvalue weighted by Gasteiger charge is 2.32. The lowest BCUT2D eigenvalue weighted by atomic mass is 10.00. The van der Waals surface area contributed by atoms with Gasteiger partial charge in [-0.05, 0) is 31.2 Å². The van der Waals surface area contributed by atoms with Crippen molar-refractivity contribution in [1.82, 2.24) is 0 Å². The van der Waals surface area contributed by atoms with E-state index in [9.17, 15) is 14.7 Å². The van der Waals surface area contributed by atoms with E-state index in [1.54, 1.807) is 31.2 Å². The molecule has 0 saturated carbocycles. The molecule has 134 valence electrons. The minimum absolute atomic E-state index is 0.207. The first-order chi connectivity index (χ1) is 12.5. The van der Waals surface area contributed by atoms with E-state index in [2.05, 4.69) is 5.32 Å². The number of nitrogens with one attached hydrogen (secondary N) is 1. The van der Waals surface area contributed by atoms with Crippen LogP contribution in [0.15, 0.2) is 54.2 Å². The molecule has 0 aliphatic carbocycles. The number of para-hydroxylation sites is 1. The van der Waals surface area contributed by atoms with Gasteiger partial charge in [0, 0.05) is 24.6 Å². The van der Waals surface area contributed by atoms with E-state index in [1.165, 1.54) is 24.4 Å². The number of rotatable bonds is 5. The number of carboxylic acid groups (broad SMARTS) is 1. The second-order valence-corrected chi connectivity index (χ2v) is 5.51. The molecule has 0 amide bonds. The number of ketones is 1. The monoisotopic (exact) mass is 355 g/mol. The van der Waals surface area contributed by atoms with Crippen molar-refractivity contribution in [2.45, 2.75) is 13.2 Å². The maximum absolute atomic E-state index is 12.7. The van der Waals surface area contributed by atoms with Crippen molar-refractivity contribution in [3.63, 3.8) is 0 Å². The van der Waals surface area contributed by atoms with Crippen molar-refractivity contribution >= 4 is 17.4 Å². The number of fused-ring (bicyclic) bond motifs is 1. The van der Waals surface area contributed by atoms with Gasteiger partial charge in [-0.15, -0.1) is 0 Å².